The van der Waals surface area contributed by atoms with Crippen molar-refractivity contribution < 1.29 is 0 Å². The molecule has 0 aliphatic carbocycles. The standard InChI is InChI=1S/C8H19N3.HI/c1-8(2,3)6-10-7(9)11(4)5;/h6H2,1-5H3,(H2,9,10);1H. The van der Waals surface area contributed by atoms with Crippen LogP contribution in [0.3, 0.4) is 0 Å². The molecule has 0 aromatic heterocycles. The molecule has 0 aliphatic rings. The molecule has 0 unspecified atom stereocenters. The molecule has 0 fully saturated rings. The van der Waals surface area contributed by atoms with Crippen LogP contribution in [0.1, 0.15) is 20.8 Å². The zero-order chi connectivity index (χ0) is 9.07. The fraction of sp³-hybridized carbons (Fsp3) is 0.875. The van der Waals surface area contributed by atoms with Gasteiger partial charge in [-0.05, 0) is 5.41 Å². The smallest absolute Gasteiger partial charge is 0.190 e. The van der Waals surface area contributed by atoms with Crippen LogP contribution in [0.5, 0.6) is 0 Å². The van der Waals surface area contributed by atoms with Crippen LogP contribution in [0.4, 0.5) is 0 Å². The van der Waals surface area contributed by atoms with Gasteiger partial charge in [-0.3, -0.25) is 4.99 Å². The summed E-state index contributed by atoms with van der Waals surface area (Å²) in [5, 5.41) is 0. The zero-order valence-corrected chi connectivity index (χ0v) is 10.9. The second-order valence-electron chi connectivity index (χ2n) is 4.13. The highest BCUT2D eigenvalue weighted by molar-refractivity contribution is 14.0. The van der Waals surface area contributed by atoms with Crippen molar-refractivity contribution in [2.75, 3.05) is 20.6 Å². The summed E-state index contributed by atoms with van der Waals surface area (Å²) in [4.78, 5) is 6.03. The van der Waals surface area contributed by atoms with Crippen LogP contribution in [0.15, 0.2) is 4.99 Å². The van der Waals surface area contributed by atoms with Gasteiger partial charge < -0.3 is 10.6 Å². The lowest BCUT2D eigenvalue weighted by molar-refractivity contribution is 0.425. The highest BCUT2D eigenvalue weighted by Crippen LogP contribution is 2.12. The lowest BCUT2D eigenvalue weighted by Crippen LogP contribution is -2.31. The molecular formula is C8H20IN3. The number of guanidine groups is 1. The van der Waals surface area contributed by atoms with Crippen molar-refractivity contribution in [2.45, 2.75) is 20.8 Å². The van der Waals surface area contributed by atoms with Gasteiger partial charge in [0.15, 0.2) is 5.96 Å². The minimum atomic E-state index is 0. The van der Waals surface area contributed by atoms with Gasteiger partial charge in [-0.25, -0.2) is 0 Å². The first-order chi connectivity index (χ1) is 4.83. The highest BCUT2D eigenvalue weighted by Gasteiger charge is 2.08. The highest BCUT2D eigenvalue weighted by atomic mass is 127. The quantitative estimate of drug-likeness (QED) is 0.451. The van der Waals surface area contributed by atoms with Gasteiger partial charge in [0.1, 0.15) is 0 Å². The third-order valence-electron chi connectivity index (χ3n) is 1.17. The number of hydrogen-bond acceptors (Lipinski definition) is 1. The Hall–Kier alpha value is 0. The van der Waals surface area contributed by atoms with E-state index in [0.29, 0.717) is 5.96 Å². The SMILES string of the molecule is CN(C)C(N)=NCC(C)(C)C.I. The van der Waals surface area contributed by atoms with Crippen molar-refractivity contribution in [2.24, 2.45) is 16.1 Å². The van der Waals surface area contributed by atoms with Crippen LogP contribution < -0.4 is 5.73 Å². The van der Waals surface area contributed by atoms with E-state index in [9.17, 15) is 0 Å². The van der Waals surface area contributed by atoms with Crippen molar-refractivity contribution in [3.8, 4) is 0 Å². The summed E-state index contributed by atoms with van der Waals surface area (Å²) >= 11 is 0. The number of aliphatic imine (C=N–C) groups is 1. The number of nitrogens with two attached hydrogens (primary N) is 1. The number of hydrogen-bond donors (Lipinski definition) is 1. The largest absolute Gasteiger partial charge is 0.370 e. The monoisotopic (exact) mass is 285 g/mol. The number of rotatable bonds is 1. The van der Waals surface area contributed by atoms with Crippen LogP contribution in [0.25, 0.3) is 0 Å². The van der Waals surface area contributed by atoms with Gasteiger partial charge in [0, 0.05) is 20.6 Å². The summed E-state index contributed by atoms with van der Waals surface area (Å²) < 4.78 is 0. The van der Waals surface area contributed by atoms with Gasteiger partial charge >= 0.3 is 0 Å². The Morgan fingerprint density at radius 1 is 1.33 bits per heavy atom. The molecule has 2 N–H and O–H groups in total. The molecule has 0 heterocycles. The first kappa shape index (κ1) is 14.5. The average Bonchev–Trinajstić information content (AvgIpc) is 1.80. The molecule has 12 heavy (non-hydrogen) atoms. The Balaban J connectivity index is 0. The average molecular weight is 285 g/mol. The Kier molecular flexibility index (Phi) is 6.79. The van der Waals surface area contributed by atoms with E-state index in [-0.39, 0.29) is 29.4 Å². The molecule has 0 aromatic carbocycles. The summed E-state index contributed by atoms with van der Waals surface area (Å²) in [5.41, 5.74) is 5.82. The fourth-order valence-electron chi connectivity index (χ4n) is 0.460. The summed E-state index contributed by atoms with van der Waals surface area (Å²) in [5.74, 6) is 0.597. The maximum Gasteiger partial charge on any atom is 0.190 e. The van der Waals surface area contributed by atoms with Gasteiger partial charge in [0.25, 0.3) is 0 Å². The molecule has 74 valence electrons. The van der Waals surface area contributed by atoms with E-state index in [1.807, 2.05) is 19.0 Å². The van der Waals surface area contributed by atoms with Crippen molar-refractivity contribution in [1.29, 1.82) is 0 Å². The summed E-state index contributed by atoms with van der Waals surface area (Å²) in [6, 6.07) is 0. The lowest BCUT2D eigenvalue weighted by atomic mass is 9.97. The summed E-state index contributed by atoms with van der Waals surface area (Å²) in [6.45, 7) is 7.19. The van der Waals surface area contributed by atoms with Crippen molar-refractivity contribution >= 4 is 29.9 Å². The molecule has 0 radical (unpaired) electrons. The first-order valence-electron chi connectivity index (χ1n) is 3.80. The van der Waals surface area contributed by atoms with Crippen molar-refractivity contribution in [3.63, 3.8) is 0 Å². The van der Waals surface area contributed by atoms with Gasteiger partial charge in [0.2, 0.25) is 0 Å². The molecule has 0 spiro atoms. The lowest BCUT2D eigenvalue weighted by Gasteiger charge is -2.17. The van der Waals surface area contributed by atoms with Gasteiger partial charge in [-0.15, -0.1) is 24.0 Å². The molecule has 0 bridgehead atoms. The predicted molar refractivity (Wildman–Crippen MR) is 65.0 cm³/mol. The molecule has 4 heteroatoms. The Morgan fingerprint density at radius 2 is 1.75 bits per heavy atom. The van der Waals surface area contributed by atoms with E-state index in [1.165, 1.54) is 0 Å². The topological polar surface area (TPSA) is 41.6 Å². The van der Waals surface area contributed by atoms with Crippen LogP contribution >= 0.6 is 24.0 Å². The fourth-order valence-corrected chi connectivity index (χ4v) is 0.460. The zero-order valence-electron chi connectivity index (χ0n) is 8.59. The van der Waals surface area contributed by atoms with E-state index < -0.39 is 0 Å². The first-order valence-corrected chi connectivity index (χ1v) is 3.80. The maximum absolute atomic E-state index is 5.60. The predicted octanol–water partition coefficient (Wildman–Crippen LogP) is 1.53. The van der Waals surface area contributed by atoms with E-state index in [0.717, 1.165) is 6.54 Å². The second kappa shape index (κ2) is 5.61. The Labute approximate surface area is 92.4 Å². The van der Waals surface area contributed by atoms with E-state index in [2.05, 4.69) is 25.8 Å². The number of halogens is 1. The molecule has 3 nitrogen and oxygen atoms in total. The molecule has 0 saturated heterocycles. The molecule has 0 aromatic rings. The summed E-state index contributed by atoms with van der Waals surface area (Å²) in [6.07, 6.45) is 0. The normalized spacial score (nSPS) is 12.2. The van der Waals surface area contributed by atoms with E-state index >= 15 is 0 Å². The molecular weight excluding hydrogens is 265 g/mol. The Morgan fingerprint density at radius 3 is 2.00 bits per heavy atom. The third-order valence-corrected chi connectivity index (χ3v) is 1.17. The molecule has 0 aliphatic heterocycles. The molecule has 0 rings (SSSR count). The second-order valence-corrected chi connectivity index (χ2v) is 4.13. The number of nitrogens with zero attached hydrogens (tertiary/aromatic N) is 2. The molecule has 0 amide bonds. The molecule has 0 saturated carbocycles. The van der Waals surface area contributed by atoms with Crippen LogP contribution in [-0.2, 0) is 0 Å². The van der Waals surface area contributed by atoms with Crippen molar-refractivity contribution in [3.05, 3.63) is 0 Å². The minimum absolute atomic E-state index is 0. The minimum Gasteiger partial charge on any atom is -0.370 e. The van der Waals surface area contributed by atoms with Crippen LogP contribution in [0.2, 0.25) is 0 Å². The van der Waals surface area contributed by atoms with Gasteiger partial charge in [0.05, 0.1) is 0 Å². The molecule has 0 atom stereocenters. The van der Waals surface area contributed by atoms with Crippen LogP contribution in [0, 0.1) is 5.41 Å². The summed E-state index contributed by atoms with van der Waals surface area (Å²) in [7, 11) is 3.78. The Bertz CT molecular complexity index is 147. The van der Waals surface area contributed by atoms with Crippen LogP contribution in [-0.4, -0.2) is 31.5 Å². The van der Waals surface area contributed by atoms with Crippen molar-refractivity contribution in [1.82, 2.24) is 4.90 Å². The maximum atomic E-state index is 5.60. The van der Waals surface area contributed by atoms with E-state index in [4.69, 9.17) is 5.73 Å². The third kappa shape index (κ3) is 8.10. The van der Waals surface area contributed by atoms with Gasteiger partial charge in [-0.1, -0.05) is 20.8 Å². The van der Waals surface area contributed by atoms with Gasteiger partial charge in [-0.2, -0.15) is 0 Å². The van der Waals surface area contributed by atoms with E-state index in [1.54, 1.807) is 0 Å².